The molecule has 0 spiro atoms. The smallest absolute Gasteiger partial charge is 0.313 e. The maximum atomic E-state index is 12.4. The van der Waals surface area contributed by atoms with Gasteiger partial charge < -0.3 is 4.74 Å². The minimum absolute atomic E-state index is 0.0698. The predicted octanol–water partition coefficient (Wildman–Crippen LogP) is 3.86. The summed E-state index contributed by atoms with van der Waals surface area (Å²) in [7, 11) is 0. The Morgan fingerprint density at radius 2 is 2.24 bits per heavy atom. The molecule has 1 aromatic rings. The molecule has 2 heterocycles. The van der Waals surface area contributed by atoms with E-state index in [9.17, 15) is 4.79 Å². The lowest BCUT2D eigenvalue weighted by Gasteiger charge is -2.42. The summed E-state index contributed by atoms with van der Waals surface area (Å²) < 4.78 is 5.32. The molecule has 1 aromatic heterocycles. The van der Waals surface area contributed by atoms with Crippen LogP contribution in [0.5, 0.6) is 0 Å². The molecule has 3 nitrogen and oxygen atoms in total. The van der Waals surface area contributed by atoms with Crippen molar-refractivity contribution in [2.75, 3.05) is 13.2 Å². The van der Waals surface area contributed by atoms with E-state index in [1.54, 1.807) is 0 Å². The summed E-state index contributed by atoms with van der Waals surface area (Å²) in [4.78, 5) is 16.4. The number of fused-ring (bicyclic) bond motifs is 1. The number of hydrogen-bond acceptors (Lipinski definition) is 4. The zero-order valence-corrected chi connectivity index (χ0v) is 14.5. The molecule has 1 unspecified atom stereocenters. The molecule has 0 radical (unpaired) electrons. The molecule has 0 saturated heterocycles. The van der Waals surface area contributed by atoms with Crippen LogP contribution in [0.25, 0.3) is 0 Å². The molecule has 0 bridgehead atoms. The highest BCUT2D eigenvalue weighted by Crippen LogP contribution is 2.34. The van der Waals surface area contributed by atoms with Crippen LogP contribution in [0.2, 0.25) is 0 Å². The van der Waals surface area contributed by atoms with Gasteiger partial charge in [-0.1, -0.05) is 13.3 Å². The maximum absolute atomic E-state index is 12.4. The Morgan fingerprint density at radius 1 is 1.48 bits per heavy atom. The van der Waals surface area contributed by atoms with Crippen LogP contribution in [0.1, 0.15) is 51.0 Å². The first-order valence-electron chi connectivity index (χ1n) is 7.97. The highest BCUT2D eigenvalue weighted by molar-refractivity contribution is 7.10. The van der Waals surface area contributed by atoms with Crippen LogP contribution in [0, 0.1) is 5.41 Å². The van der Waals surface area contributed by atoms with Gasteiger partial charge in [-0.2, -0.15) is 0 Å². The Labute approximate surface area is 132 Å². The standard InChI is InChI=1S/C17H27NO2S/c1-5-7-15(17(3,4)16(19)20-6-2)18-10-8-14-13(12-18)9-11-21-14/h9,11,15H,5-8,10,12H2,1-4H3. The molecule has 21 heavy (non-hydrogen) atoms. The number of carbonyl (C=O) groups is 1. The average molecular weight is 309 g/mol. The van der Waals surface area contributed by atoms with Crippen LogP contribution in [0.3, 0.4) is 0 Å². The van der Waals surface area contributed by atoms with Crippen molar-refractivity contribution in [1.29, 1.82) is 0 Å². The molecule has 4 heteroatoms. The second kappa shape index (κ2) is 6.93. The van der Waals surface area contributed by atoms with Crippen LogP contribution in [-0.2, 0) is 22.5 Å². The highest BCUT2D eigenvalue weighted by Gasteiger charge is 2.41. The van der Waals surface area contributed by atoms with E-state index in [2.05, 4.69) is 23.3 Å². The second-order valence-electron chi connectivity index (χ2n) is 6.34. The topological polar surface area (TPSA) is 29.5 Å². The van der Waals surface area contributed by atoms with Gasteiger partial charge in [-0.05, 0) is 50.6 Å². The number of rotatable bonds is 6. The molecule has 1 aliphatic heterocycles. The Hall–Kier alpha value is -0.870. The van der Waals surface area contributed by atoms with E-state index in [4.69, 9.17) is 4.74 Å². The SMILES string of the molecule is CCCC(N1CCc2sccc2C1)C(C)(C)C(=O)OCC. The van der Waals surface area contributed by atoms with Crippen molar-refractivity contribution >= 4 is 17.3 Å². The van der Waals surface area contributed by atoms with Gasteiger partial charge in [-0.15, -0.1) is 11.3 Å². The van der Waals surface area contributed by atoms with Crippen LogP contribution >= 0.6 is 11.3 Å². The Bertz CT molecular complexity index is 481. The molecule has 118 valence electrons. The summed E-state index contributed by atoms with van der Waals surface area (Å²) >= 11 is 1.86. The van der Waals surface area contributed by atoms with Gasteiger partial charge in [-0.25, -0.2) is 0 Å². The number of carbonyl (C=O) groups excluding carboxylic acids is 1. The summed E-state index contributed by atoms with van der Waals surface area (Å²) in [5.41, 5.74) is 0.978. The first-order chi connectivity index (χ1) is 10.0. The third-order valence-electron chi connectivity index (χ3n) is 4.47. The number of esters is 1. The zero-order valence-electron chi connectivity index (χ0n) is 13.6. The molecule has 0 aromatic carbocycles. The van der Waals surface area contributed by atoms with Crippen molar-refractivity contribution in [3.63, 3.8) is 0 Å². The van der Waals surface area contributed by atoms with Gasteiger partial charge in [0.15, 0.2) is 0 Å². The Morgan fingerprint density at radius 3 is 2.90 bits per heavy atom. The van der Waals surface area contributed by atoms with Crippen molar-refractivity contribution in [2.24, 2.45) is 5.41 Å². The molecule has 0 N–H and O–H groups in total. The fraction of sp³-hybridized carbons (Fsp3) is 0.706. The number of thiophene rings is 1. The van der Waals surface area contributed by atoms with Crippen LogP contribution in [-0.4, -0.2) is 30.1 Å². The predicted molar refractivity (Wildman–Crippen MR) is 87.5 cm³/mol. The molecule has 0 aliphatic carbocycles. The van der Waals surface area contributed by atoms with E-state index in [1.165, 1.54) is 10.4 Å². The van der Waals surface area contributed by atoms with Crippen molar-refractivity contribution in [3.05, 3.63) is 21.9 Å². The third kappa shape index (κ3) is 3.49. The van der Waals surface area contributed by atoms with E-state index < -0.39 is 5.41 Å². The van der Waals surface area contributed by atoms with E-state index in [0.29, 0.717) is 6.61 Å². The van der Waals surface area contributed by atoms with E-state index >= 15 is 0 Å². The van der Waals surface area contributed by atoms with Crippen molar-refractivity contribution in [1.82, 2.24) is 4.90 Å². The first-order valence-corrected chi connectivity index (χ1v) is 8.85. The lowest BCUT2D eigenvalue weighted by atomic mass is 9.80. The second-order valence-corrected chi connectivity index (χ2v) is 7.34. The fourth-order valence-corrected chi connectivity index (χ4v) is 4.15. The molecule has 0 saturated carbocycles. The molecule has 0 amide bonds. The van der Waals surface area contributed by atoms with Gasteiger partial charge in [0.05, 0.1) is 12.0 Å². The van der Waals surface area contributed by atoms with Gasteiger partial charge in [0.25, 0.3) is 0 Å². The van der Waals surface area contributed by atoms with Crippen LogP contribution in [0.4, 0.5) is 0 Å². The van der Waals surface area contributed by atoms with Crippen molar-refractivity contribution < 1.29 is 9.53 Å². The van der Waals surface area contributed by atoms with Gasteiger partial charge in [0, 0.05) is 24.0 Å². The monoisotopic (exact) mass is 309 g/mol. The van der Waals surface area contributed by atoms with E-state index in [0.717, 1.165) is 32.4 Å². The number of hydrogen-bond donors (Lipinski definition) is 0. The Balaban J connectivity index is 2.17. The normalized spacial score (nSPS) is 17.3. The zero-order chi connectivity index (χ0) is 15.5. The van der Waals surface area contributed by atoms with Gasteiger partial charge in [0.1, 0.15) is 0 Å². The maximum Gasteiger partial charge on any atom is 0.313 e. The summed E-state index contributed by atoms with van der Waals surface area (Å²) in [6, 6.07) is 2.47. The summed E-state index contributed by atoms with van der Waals surface area (Å²) in [5, 5.41) is 2.18. The molecule has 2 rings (SSSR count). The lowest BCUT2D eigenvalue weighted by Crippen LogP contribution is -2.51. The highest BCUT2D eigenvalue weighted by atomic mass is 32.1. The Kier molecular flexibility index (Phi) is 5.44. The van der Waals surface area contributed by atoms with E-state index in [1.807, 2.05) is 32.1 Å². The molecule has 1 aliphatic rings. The average Bonchev–Trinajstić information content (AvgIpc) is 2.92. The van der Waals surface area contributed by atoms with Crippen LogP contribution in [0.15, 0.2) is 11.4 Å². The first kappa shape index (κ1) is 16.5. The van der Waals surface area contributed by atoms with Gasteiger partial charge >= 0.3 is 5.97 Å². The third-order valence-corrected chi connectivity index (χ3v) is 5.50. The quantitative estimate of drug-likeness (QED) is 0.747. The van der Waals surface area contributed by atoms with Gasteiger partial charge in [0.2, 0.25) is 0 Å². The number of ether oxygens (including phenoxy) is 1. The fourth-order valence-electron chi connectivity index (χ4n) is 3.26. The lowest BCUT2D eigenvalue weighted by molar-refractivity contribution is -0.158. The van der Waals surface area contributed by atoms with Crippen molar-refractivity contribution in [2.45, 2.75) is 59.5 Å². The number of nitrogens with zero attached hydrogens (tertiary/aromatic N) is 1. The molecular weight excluding hydrogens is 282 g/mol. The minimum Gasteiger partial charge on any atom is -0.466 e. The van der Waals surface area contributed by atoms with Crippen molar-refractivity contribution in [3.8, 4) is 0 Å². The molecular formula is C17H27NO2S. The summed E-state index contributed by atoms with van der Waals surface area (Å²) in [6.45, 7) is 10.6. The minimum atomic E-state index is -0.459. The van der Waals surface area contributed by atoms with E-state index in [-0.39, 0.29) is 12.0 Å². The molecule has 1 atom stereocenters. The van der Waals surface area contributed by atoms with Crippen LogP contribution < -0.4 is 0 Å². The van der Waals surface area contributed by atoms with Gasteiger partial charge in [-0.3, -0.25) is 9.69 Å². The molecule has 0 fully saturated rings. The largest absolute Gasteiger partial charge is 0.466 e. The summed E-state index contributed by atoms with van der Waals surface area (Å²) in [6.07, 6.45) is 3.22. The summed E-state index contributed by atoms with van der Waals surface area (Å²) in [5.74, 6) is -0.0698.